The van der Waals surface area contributed by atoms with Gasteiger partial charge in [-0.05, 0) is 18.2 Å². The Balaban J connectivity index is 3.02. The minimum atomic E-state index is -0.412. The summed E-state index contributed by atoms with van der Waals surface area (Å²) in [6.45, 7) is 0. The van der Waals surface area contributed by atoms with Crippen LogP contribution in [0.3, 0.4) is 0 Å². The van der Waals surface area contributed by atoms with Gasteiger partial charge in [-0.2, -0.15) is 5.26 Å². The lowest BCUT2D eigenvalue weighted by molar-refractivity contribution is 0.0973. The number of nitrogens with zero attached hydrogens (tertiary/aromatic N) is 1. The van der Waals surface area contributed by atoms with Crippen molar-refractivity contribution < 1.29 is 4.79 Å². The summed E-state index contributed by atoms with van der Waals surface area (Å²) in [7, 11) is 0. The fraction of sp³-hybridized carbons (Fsp3) is 0. The summed E-state index contributed by atoms with van der Waals surface area (Å²) in [5.41, 5.74) is 0.433. The Kier molecular flexibility index (Phi) is 3.46. The summed E-state index contributed by atoms with van der Waals surface area (Å²) >= 11 is 6.48. The molecule has 0 aliphatic heterocycles. The molecule has 0 heterocycles. The van der Waals surface area contributed by atoms with Crippen molar-refractivity contribution in [2.75, 3.05) is 0 Å². The van der Waals surface area contributed by atoms with Crippen molar-refractivity contribution in [1.29, 1.82) is 5.26 Å². The van der Waals surface area contributed by atoms with Gasteiger partial charge < -0.3 is 0 Å². The monoisotopic (exact) mass is 302 g/mol. The molecule has 0 bridgehead atoms. The van der Waals surface area contributed by atoms with Gasteiger partial charge in [-0.1, -0.05) is 31.9 Å². The first-order chi connectivity index (χ1) is 6.13. The lowest BCUT2D eigenvalue weighted by Crippen LogP contribution is -2.17. The van der Waals surface area contributed by atoms with E-state index in [1.54, 1.807) is 18.3 Å². The van der Waals surface area contributed by atoms with Gasteiger partial charge in [-0.25, -0.2) is 0 Å². The maximum Gasteiger partial charge on any atom is 0.264 e. The third-order valence-corrected chi connectivity index (χ3v) is 2.21. The van der Waals surface area contributed by atoms with E-state index >= 15 is 0 Å². The molecule has 0 aliphatic carbocycles. The van der Waals surface area contributed by atoms with E-state index in [9.17, 15) is 4.79 Å². The van der Waals surface area contributed by atoms with E-state index < -0.39 is 5.91 Å². The quantitative estimate of drug-likeness (QED) is 0.640. The van der Waals surface area contributed by atoms with Gasteiger partial charge in [0.05, 0.1) is 0 Å². The predicted octanol–water partition coefficient (Wildman–Crippen LogP) is 2.42. The minimum absolute atomic E-state index is 0.412. The zero-order valence-electron chi connectivity index (χ0n) is 6.34. The molecule has 0 saturated heterocycles. The van der Waals surface area contributed by atoms with Gasteiger partial charge in [0.25, 0.3) is 5.91 Å². The molecule has 13 heavy (non-hydrogen) atoms. The van der Waals surface area contributed by atoms with Crippen LogP contribution in [-0.4, -0.2) is 5.91 Å². The normalized spacial score (nSPS) is 9.00. The van der Waals surface area contributed by atoms with Crippen LogP contribution in [0.25, 0.3) is 0 Å². The van der Waals surface area contributed by atoms with Crippen LogP contribution in [-0.2, 0) is 0 Å². The molecule has 1 amide bonds. The number of carbonyl (C=O) groups is 1. The molecular formula is C8H4Br2N2O. The molecule has 0 unspecified atom stereocenters. The van der Waals surface area contributed by atoms with Crippen LogP contribution in [0.5, 0.6) is 0 Å². The van der Waals surface area contributed by atoms with Crippen LogP contribution < -0.4 is 5.32 Å². The molecule has 0 radical (unpaired) electrons. The van der Waals surface area contributed by atoms with Crippen LogP contribution in [0, 0.1) is 11.5 Å². The van der Waals surface area contributed by atoms with E-state index in [4.69, 9.17) is 5.26 Å². The Hall–Kier alpha value is -0.860. The lowest BCUT2D eigenvalue weighted by atomic mass is 10.2. The van der Waals surface area contributed by atoms with Gasteiger partial charge in [0.2, 0.25) is 0 Å². The number of hydrogen-bond acceptors (Lipinski definition) is 2. The summed E-state index contributed by atoms with van der Waals surface area (Å²) < 4.78 is 1.56. The zero-order valence-corrected chi connectivity index (χ0v) is 9.52. The van der Waals surface area contributed by atoms with Gasteiger partial charge in [0.1, 0.15) is 0 Å². The first kappa shape index (κ1) is 10.2. The maximum absolute atomic E-state index is 11.2. The Bertz CT molecular complexity index is 364. The number of benzene rings is 1. The SMILES string of the molecule is N#CNC(=O)c1cc(Br)cc(Br)c1. The topological polar surface area (TPSA) is 52.9 Å². The fourth-order valence-electron chi connectivity index (χ4n) is 0.808. The molecule has 1 rings (SSSR count). The van der Waals surface area contributed by atoms with Gasteiger partial charge in [0.15, 0.2) is 6.19 Å². The molecule has 5 heteroatoms. The molecule has 1 aromatic carbocycles. The Morgan fingerprint density at radius 1 is 1.31 bits per heavy atom. The Morgan fingerprint density at radius 2 is 1.85 bits per heavy atom. The summed E-state index contributed by atoms with van der Waals surface area (Å²) in [5.74, 6) is -0.412. The molecular weight excluding hydrogens is 300 g/mol. The van der Waals surface area contributed by atoms with Gasteiger partial charge >= 0.3 is 0 Å². The molecule has 0 atom stereocenters. The van der Waals surface area contributed by atoms with E-state index in [1.807, 2.05) is 11.4 Å². The number of nitriles is 1. The fourth-order valence-corrected chi connectivity index (χ4v) is 2.10. The molecule has 1 aromatic rings. The molecule has 1 N–H and O–H groups in total. The van der Waals surface area contributed by atoms with Gasteiger partial charge in [-0.15, -0.1) is 0 Å². The van der Waals surface area contributed by atoms with Crippen LogP contribution in [0.1, 0.15) is 10.4 Å². The summed E-state index contributed by atoms with van der Waals surface area (Å²) in [4.78, 5) is 11.2. The number of hydrogen-bond donors (Lipinski definition) is 1. The van der Waals surface area contributed by atoms with Crippen LogP contribution in [0.4, 0.5) is 0 Å². The van der Waals surface area contributed by atoms with E-state index in [0.717, 1.165) is 8.95 Å². The summed E-state index contributed by atoms with van der Waals surface area (Å²) in [5, 5.41) is 10.3. The standard InChI is InChI=1S/C8H4Br2N2O/c9-6-1-5(2-7(10)3-6)8(13)12-4-11/h1-3H,(H,12,13). The van der Waals surface area contributed by atoms with Crippen LogP contribution in [0.2, 0.25) is 0 Å². The second kappa shape index (κ2) is 4.40. The van der Waals surface area contributed by atoms with Crippen LogP contribution >= 0.6 is 31.9 Å². The molecule has 0 saturated carbocycles. The predicted molar refractivity (Wildman–Crippen MR) is 54.9 cm³/mol. The molecule has 66 valence electrons. The summed E-state index contributed by atoms with van der Waals surface area (Å²) in [6.07, 6.45) is 1.57. The zero-order chi connectivity index (χ0) is 9.84. The minimum Gasteiger partial charge on any atom is -0.268 e. The lowest BCUT2D eigenvalue weighted by Gasteiger charge is -1.99. The largest absolute Gasteiger partial charge is 0.268 e. The first-order valence-electron chi connectivity index (χ1n) is 3.29. The third kappa shape index (κ3) is 2.83. The van der Waals surface area contributed by atoms with Crippen molar-refractivity contribution in [3.8, 4) is 6.19 Å². The van der Waals surface area contributed by atoms with Crippen molar-refractivity contribution in [1.82, 2.24) is 5.32 Å². The van der Waals surface area contributed by atoms with Crippen molar-refractivity contribution >= 4 is 37.8 Å². The average molecular weight is 304 g/mol. The second-order valence-electron chi connectivity index (χ2n) is 2.22. The molecule has 0 fully saturated rings. The Morgan fingerprint density at radius 3 is 2.31 bits per heavy atom. The smallest absolute Gasteiger partial charge is 0.264 e. The van der Waals surface area contributed by atoms with Crippen LogP contribution in [0.15, 0.2) is 27.1 Å². The highest BCUT2D eigenvalue weighted by Crippen LogP contribution is 2.19. The molecule has 3 nitrogen and oxygen atoms in total. The summed E-state index contributed by atoms with van der Waals surface area (Å²) in [6, 6.07) is 5.08. The van der Waals surface area contributed by atoms with Gasteiger partial charge in [0, 0.05) is 14.5 Å². The number of rotatable bonds is 1. The average Bonchev–Trinajstić information content (AvgIpc) is 2.03. The maximum atomic E-state index is 11.2. The number of carbonyl (C=O) groups excluding carboxylic acids is 1. The third-order valence-electron chi connectivity index (χ3n) is 1.29. The highest BCUT2D eigenvalue weighted by Gasteiger charge is 2.05. The van der Waals surface area contributed by atoms with E-state index in [2.05, 4.69) is 31.9 Å². The van der Waals surface area contributed by atoms with E-state index in [-0.39, 0.29) is 0 Å². The highest BCUT2D eigenvalue weighted by molar-refractivity contribution is 9.11. The van der Waals surface area contributed by atoms with Crippen molar-refractivity contribution in [3.05, 3.63) is 32.7 Å². The highest BCUT2D eigenvalue weighted by atomic mass is 79.9. The van der Waals surface area contributed by atoms with Crippen molar-refractivity contribution in [2.45, 2.75) is 0 Å². The molecule has 0 aromatic heterocycles. The Labute approximate surface area is 92.0 Å². The van der Waals surface area contributed by atoms with Crippen molar-refractivity contribution in [3.63, 3.8) is 0 Å². The second-order valence-corrected chi connectivity index (χ2v) is 4.06. The molecule has 0 spiro atoms. The van der Waals surface area contributed by atoms with E-state index in [0.29, 0.717) is 5.56 Å². The number of halogens is 2. The van der Waals surface area contributed by atoms with E-state index in [1.165, 1.54) is 0 Å². The molecule has 0 aliphatic rings. The number of amides is 1. The number of nitrogens with one attached hydrogen (secondary N) is 1. The van der Waals surface area contributed by atoms with Crippen molar-refractivity contribution in [2.24, 2.45) is 0 Å². The first-order valence-corrected chi connectivity index (χ1v) is 4.87. The van der Waals surface area contributed by atoms with Gasteiger partial charge in [-0.3, -0.25) is 10.1 Å².